The number of benzene rings is 1. The van der Waals surface area contributed by atoms with Crippen molar-refractivity contribution in [3.8, 4) is 0 Å². The molecule has 0 aliphatic heterocycles. The highest BCUT2D eigenvalue weighted by Gasteiger charge is 2.22. The van der Waals surface area contributed by atoms with Crippen molar-refractivity contribution in [2.75, 3.05) is 7.11 Å². The van der Waals surface area contributed by atoms with Crippen molar-refractivity contribution in [2.24, 2.45) is 5.73 Å². The van der Waals surface area contributed by atoms with Gasteiger partial charge < -0.3 is 15.0 Å². The van der Waals surface area contributed by atoms with Crippen molar-refractivity contribution in [3.63, 3.8) is 0 Å². The summed E-state index contributed by atoms with van der Waals surface area (Å²) in [5.41, 5.74) is 6.85. The molecule has 0 amide bonds. The number of carbonyl (C=O) groups is 1. The van der Waals surface area contributed by atoms with Crippen LogP contribution in [0.15, 0.2) is 24.3 Å². The van der Waals surface area contributed by atoms with Crippen LogP contribution in [0, 0.1) is 5.82 Å². The maximum atomic E-state index is 13.8. The van der Waals surface area contributed by atoms with Crippen molar-refractivity contribution in [3.05, 3.63) is 35.8 Å². The highest BCUT2D eigenvalue weighted by atomic mass is 19.1. The first-order valence-corrected chi connectivity index (χ1v) is 5.71. The minimum atomic E-state index is -0.901. The van der Waals surface area contributed by atoms with Crippen molar-refractivity contribution in [1.29, 1.82) is 0 Å². The molecule has 1 heterocycles. The molecule has 0 fully saturated rings. The second-order valence-corrected chi connectivity index (χ2v) is 3.99. The summed E-state index contributed by atoms with van der Waals surface area (Å²) in [5.74, 6) is -0.856. The Morgan fingerprint density at radius 2 is 2.28 bits per heavy atom. The number of fused-ring (bicyclic) bond motifs is 1. The minimum absolute atomic E-state index is 0.322. The van der Waals surface area contributed by atoms with Crippen LogP contribution < -0.4 is 5.73 Å². The average Bonchev–Trinajstić information content (AvgIpc) is 2.76. The van der Waals surface area contributed by atoms with E-state index in [1.54, 1.807) is 22.8 Å². The number of nitrogens with two attached hydrogens (primary N) is 1. The molecule has 2 rings (SSSR count). The predicted octanol–water partition coefficient (Wildman–Crippen LogP) is 1.97. The van der Waals surface area contributed by atoms with Crippen molar-refractivity contribution in [1.82, 2.24) is 4.57 Å². The van der Waals surface area contributed by atoms with Gasteiger partial charge in [-0.1, -0.05) is 12.1 Å². The Labute approximate surface area is 104 Å². The number of aryl methyl sites for hydroxylation is 1. The zero-order valence-electron chi connectivity index (χ0n) is 10.3. The van der Waals surface area contributed by atoms with Crippen molar-refractivity contribution < 1.29 is 13.9 Å². The van der Waals surface area contributed by atoms with Crippen molar-refractivity contribution in [2.45, 2.75) is 19.5 Å². The lowest BCUT2D eigenvalue weighted by atomic mass is 10.2. The van der Waals surface area contributed by atoms with Crippen LogP contribution in [0.1, 0.15) is 18.7 Å². The summed E-state index contributed by atoms with van der Waals surface area (Å²) in [6, 6.07) is 5.64. The molecule has 0 spiro atoms. The van der Waals surface area contributed by atoms with Gasteiger partial charge in [-0.15, -0.1) is 0 Å². The Bertz CT molecular complexity index is 592. The molecular formula is C13H15FN2O2. The molecule has 0 bridgehead atoms. The molecule has 2 aromatic rings. The zero-order chi connectivity index (χ0) is 13.3. The quantitative estimate of drug-likeness (QED) is 0.847. The Morgan fingerprint density at radius 1 is 1.56 bits per heavy atom. The fourth-order valence-electron chi connectivity index (χ4n) is 2.15. The molecular weight excluding hydrogens is 235 g/mol. The van der Waals surface area contributed by atoms with Crippen LogP contribution in [0.4, 0.5) is 4.39 Å². The molecule has 1 unspecified atom stereocenters. The third-order valence-electron chi connectivity index (χ3n) is 2.99. The van der Waals surface area contributed by atoms with Gasteiger partial charge in [-0.2, -0.15) is 0 Å². The van der Waals surface area contributed by atoms with Crippen LogP contribution in [-0.4, -0.2) is 17.6 Å². The SMILES string of the molecule is CCn1c(C(N)C(=O)OC)cc2cccc(F)c21. The highest BCUT2D eigenvalue weighted by Crippen LogP contribution is 2.26. The highest BCUT2D eigenvalue weighted by molar-refractivity contribution is 5.85. The fourth-order valence-corrected chi connectivity index (χ4v) is 2.15. The molecule has 1 aromatic heterocycles. The van der Waals surface area contributed by atoms with Crippen LogP contribution >= 0.6 is 0 Å². The fraction of sp³-hybridized carbons (Fsp3) is 0.308. The van der Waals surface area contributed by atoms with Gasteiger partial charge in [0, 0.05) is 17.6 Å². The number of ether oxygens (including phenoxy) is 1. The number of halogens is 1. The van der Waals surface area contributed by atoms with Gasteiger partial charge in [0.05, 0.1) is 12.6 Å². The van der Waals surface area contributed by atoms with Gasteiger partial charge >= 0.3 is 5.97 Å². The van der Waals surface area contributed by atoms with Crippen LogP contribution in [0.5, 0.6) is 0 Å². The van der Waals surface area contributed by atoms with Crippen LogP contribution in [-0.2, 0) is 16.1 Å². The van der Waals surface area contributed by atoms with E-state index in [9.17, 15) is 9.18 Å². The van der Waals surface area contributed by atoms with E-state index in [2.05, 4.69) is 4.74 Å². The number of methoxy groups -OCH3 is 1. The van der Waals surface area contributed by atoms with Gasteiger partial charge in [0.15, 0.2) is 0 Å². The van der Waals surface area contributed by atoms with Gasteiger partial charge in [0.1, 0.15) is 11.9 Å². The summed E-state index contributed by atoms with van der Waals surface area (Å²) < 4.78 is 20.1. The van der Waals surface area contributed by atoms with Gasteiger partial charge in [0.2, 0.25) is 0 Å². The summed E-state index contributed by atoms with van der Waals surface area (Å²) in [5, 5.41) is 0.728. The monoisotopic (exact) mass is 250 g/mol. The molecule has 5 heteroatoms. The predicted molar refractivity (Wildman–Crippen MR) is 66.5 cm³/mol. The molecule has 96 valence electrons. The Hall–Kier alpha value is -1.88. The molecule has 0 aliphatic carbocycles. The van der Waals surface area contributed by atoms with E-state index in [1.165, 1.54) is 13.2 Å². The second kappa shape index (κ2) is 4.78. The number of hydrogen-bond donors (Lipinski definition) is 1. The van der Waals surface area contributed by atoms with Gasteiger partial charge in [-0.05, 0) is 19.1 Å². The summed E-state index contributed by atoms with van der Waals surface area (Å²) in [6.45, 7) is 2.41. The third kappa shape index (κ3) is 1.86. The van der Waals surface area contributed by atoms with E-state index in [0.29, 0.717) is 17.8 Å². The molecule has 2 N–H and O–H groups in total. The van der Waals surface area contributed by atoms with Crippen molar-refractivity contribution >= 4 is 16.9 Å². The van der Waals surface area contributed by atoms with Crippen LogP contribution in [0.2, 0.25) is 0 Å². The lowest BCUT2D eigenvalue weighted by Crippen LogP contribution is -2.25. The summed E-state index contributed by atoms with van der Waals surface area (Å²) >= 11 is 0. The molecule has 18 heavy (non-hydrogen) atoms. The molecule has 0 saturated carbocycles. The van der Waals surface area contributed by atoms with Crippen LogP contribution in [0.3, 0.4) is 0 Å². The van der Waals surface area contributed by atoms with E-state index in [4.69, 9.17) is 5.73 Å². The van der Waals surface area contributed by atoms with Crippen LogP contribution in [0.25, 0.3) is 10.9 Å². The number of esters is 1. The number of rotatable bonds is 3. The Morgan fingerprint density at radius 3 is 2.89 bits per heavy atom. The van der Waals surface area contributed by atoms with E-state index < -0.39 is 12.0 Å². The molecule has 1 aromatic carbocycles. The van der Waals surface area contributed by atoms with E-state index in [-0.39, 0.29) is 5.82 Å². The number of aromatic nitrogens is 1. The lowest BCUT2D eigenvalue weighted by Gasteiger charge is -2.13. The zero-order valence-corrected chi connectivity index (χ0v) is 10.3. The molecule has 4 nitrogen and oxygen atoms in total. The standard InChI is InChI=1S/C13H15FN2O2/c1-3-16-10(11(15)13(17)18-2)7-8-5-4-6-9(14)12(8)16/h4-7,11H,3,15H2,1-2H3. The topological polar surface area (TPSA) is 57.2 Å². The maximum Gasteiger partial charge on any atom is 0.328 e. The smallest absolute Gasteiger partial charge is 0.328 e. The van der Waals surface area contributed by atoms with E-state index >= 15 is 0 Å². The van der Waals surface area contributed by atoms with Gasteiger partial charge in [-0.25, -0.2) is 9.18 Å². The van der Waals surface area contributed by atoms with Gasteiger partial charge in [0.25, 0.3) is 0 Å². The minimum Gasteiger partial charge on any atom is -0.468 e. The molecule has 0 saturated heterocycles. The summed E-state index contributed by atoms with van der Waals surface area (Å²) in [6.07, 6.45) is 0. The lowest BCUT2D eigenvalue weighted by molar-refractivity contribution is -0.142. The number of carbonyl (C=O) groups excluding carboxylic acids is 1. The number of hydrogen-bond acceptors (Lipinski definition) is 3. The largest absolute Gasteiger partial charge is 0.468 e. The molecule has 1 atom stereocenters. The summed E-state index contributed by atoms with van der Waals surface area (Å²) in [7, 11) is 1.28. The second-order valence-electron chi connectivity index (χ2n) is 3.99. The molecule has 0 aliphatic rings. The number of nitrogens with zero attached hydrogens (tertiary/aromatic N) is 1. The molecule has 0 radical (unpaired) electrons. The first-order chi connectivity index (χ1) is 8.60. The Kier molecular flexibility index (Phi) is 3.34. The average molecular weight is 250 g/mol. The third-order valence-corrected chi connectivity index (χ3v) is 2.99. The first-order valence-electron chi connectivity index (χ1n) is 5.71. The van der Waals surface area contributed by atoms with E-state index in [0.717, 1.165) is 5.39 Å². The Balaban J connectivity index is 2.65. The first kappa shape index (κ1) is 12.6. The number of para-hydroxylation sites is 1. The summed E-state index contributed by atoms with van der Waals surface area (Å²) in [4.78, 5) is 11.5. The van der Waals surface area contributed by atoms with Gasteiger partial charge in [-0.3, -0.25) is 0 Å². The maximum absolute atomic E-state index is 13.8. The normalized spacial score (nSPS) is 12.7. The van der Waals surface area contributed by atoms with E-state index in [1.807, 2.05) is 6.92 Å².